The molecule has 0 aliphatic heterocycles. The summed E-state index contributed by atoms with van der Waals surface area (Å²) in [4.78, 5) is 0. The van der Waals surface area contributed by atoms with E-state index < -0.39 is 0 Å². The molecule has 0 radical (unpaired) electrons. The first kappa shape index (κ1) is 14.4. The number of halogens is 1. The number of hydrogen-bond acceptors (Lipinski definition) is 4. The Hall–Kier alpha value is -1.98. The van der Waals surface area contributed by atoms with Crippen LogP contribution in [0.5, 0.6) is 0 Å². The average Bonchev–Trinajstić information content (AvgIpc) is 2.91. The fraction of sp³-hybridized carbons (Fsp3) is 0.500. The largest absolute Gasteiger partial charge is 0.398 e. The predicted molar refractivity (Wildman–Crippen MR) is 76.5 cm³/mol. The first-order valence-electron chi connectivity index (χ1n) is 6.79. The summed E-state index contributed by atoms with van der Waals surface area (Å²) in [6.07, 6.45) is 1.02. The lowest BCUT2D eigenvalue weighted by atomic mass is 10.0. The fourth-order valence-corrected chi connectivity index (χ4v) is 2.07. The van der Waals surface area contributed by atoms with Crippen molar-refractivity contribution >= 4 is 5.69 Å². The first-order valence-corrected chi connectivity index (χ1v) is 6.79. The number of nitrogens with zero attached hydrogens (tertiary/aromatic N) is 4. The highest BCUT2D eigenvalue weighted by Crippen LogP contribution is 2.28. The van der Waals surface area contributed by atoms with Gasteiger partial charge in [-0.25, -0.2) is 9.07 Å². The van der Waals surface area contributed by atoms with Gasteiger partial charge in [-0.05, 0) is 42.3 Å². The van der Waals surface area contributed by atoms with E-state index in [9.17, 15) is 4.39 Å². The molecule has 0 saturated heterocycles. The van der Waals surface area contributed by atoms with E-state index in [1.165, 1.54) is 6.07 Å². The number of hydrogen-bond donors (Lipinski definition) is 1. The van der Waals surface area contributed by atoms with Crippen molar-refractivity contribution in [1.29, 1.82) is 0 Å². The highest BCUT2D eigenvalue weighted by atomic mass is 19.1. The number of nitrogen functional groups attached to an aromatic ring is 1. The molecule has 0 aliphatic rings. The van der Waals surface area contributed by atoms with Crippen molar-refractivity contribution in [1.82, 2.24) is 20.2 Å². The van der Waals surface area contributed by atoms with Crippen LogP contribution in [-0.4, -0.2) is 20.2 Å². The Balaban J connectivity index is 2.47. The molecule has 0 spiro atoms. The van der Waals surface area contributed by atoms with E-state index in [0.717, 1.165) is 6.42 Å². The molecule has 0 fully saturated rings. The van der Waals surface area contributed by atoms with Gasteiger partial charge < -0.3 is 5.73 Å². The van der Waals surface area contributed by atoms with Gasteiger partial charge in [0.15, 0.2) is 5.82 Å². The molecule has 2 atom stereocenters. The topological polar surface area (TPSA) is 69.6 Å². The number of anilines is 1. The van der Waals surface area contributed by atoms with Crippen molar-refractivity contribution in [3.05, 3.63) is 23.5 Å². The minimum atomic E-state index is -0.342. The number of benzene rings is 1. The van der Waals surface area contributed by atoms with Crippen LogP contribution in [0.1, 0.15) is 38.8 Å². The third-order valence-electron chi connectivity index (χ3n) is 3.99. The molecule has 2 rings (SSSR count). The van der Waals surface area contributed by atoms with E-state index in [-0.39, 0.29) is 11.9 Å². The Bertz CT molecular complexity index is 584. The van der Waals surface area contributed by atoms with E-state index >= 15 is 0 Å². The van der Waals surface area contributed by atoms with Crippen molar-refractivity contribution in [3.63, 3.8) is 0 Å². The molecule has 0 saturated carbocycles. The summed E-state index contributed by atoms with van der Waals surface area (Å²) in [6, 6.07) is 3.27. The van der Waals surface area contributed by atoms with E-state index in [0.29, 0.717) is 28.6 Å². The number of rotatable bonds is 4. The van der Waals surface area contributed by atoms with Crippen LogP contribution in [0.3, 0.4) is 0 Å². The molecule has 2 aromatic rings. The van der Waals surface area contributed by atoms with Gasteiger partial charge in [-0.3, -0.25) is 0 Å². The summed E-state index contributed by atoms with van der Waals surface area (Å²) in [7, 11) is 0. The Kier molecular flexibility index (Phi) is 4.01. The molecule has 1 aromatic carbocycles. The first-order chi connectivity index (χ1) is 9.45. The second kappa shape index (κ2) is 5.56. The lowest BCUT2D eigenvalue weighted by Gasteiger charge is -2.19. The molecule has 20 heavy (non-hydrogen) atoms. The molecule has 2 unspecified atom stereocenters. The summed E-state index contributed by atoms with van der Waals surface area (Å²) in [6.45, 7) is 7.97. The minimum absolute atomic E-state index is 0.135. The summed E-state index contributed by atoms with van der Waals surface area (Å²) in [5, 5.41) is 11.8. The van der Waals surface area contributed by atoms with E-state index in [1.54, 1.807) is 17.7 Å². The Morgan fingerprint density at radius 1 is 1.35 bits per heavy atom. The maximum absolute atomic E-state index is 13.8. The van der Waals surface area contributed by atoms with Crippen molar-refractivity contribution < 1.29 is 4.39 Å². The zero-order chi connectivity index (χ0) is 14.9. The average molecular weight is 277 g/mol. The predicted octanol–water partition coefficient (Wildman–Crippen LogP) is 2.98. The lowest BCUT2D eigenvalue weighted by Crippen LogP contribution is -2.16. The smallest absolute Gasteiger partial charge is 0.182 e. The van der Waals surface area contributed by atoms with Crippen LogP contribution in [0.2, 0.25) is 0 Å². The zero-order valence-electron chi connectivity index (χ0n) is 12.3. The molecule has 1 aromatic heterocycles. The molecule has 0 bridgehead atoms. The Morgan fingerprint density at radius 3 is 2.65 bits per heavy atom. The van der Waals surface area contributed by atoms with Gasteiger partial charge in [-0.1, -0.05) is 20.3 Å². The molecular formula is C14H20FN5. The van der Waals surface area contributed by atoms with Gasteiger partial charge in [0.2, 0.25) is 0 Å². The monoisotopic (exact) mass is 277 g/mol. The van der Waals surface area contributed by atoms with Crippen LogP contribution in [0.15, 0.2) is 12.1 Å². The Morgan fingerprint density at radius 2 is 2.05 bits per heavy atom. The molecule has 0 aliphatic carbocycles. The van der Waals surface area contributed by atoms with Crippen LogP contribution < -0.4 is 5.73 Å². The maximum atomic E-state index is 13.8. The van der Waals surface area contributed by atoms with Crippen LogP contribution >= 0.6 is 0 Å². The van der Waals surface area contributed by atoms with Crippen molar-refractivity contribution in [2.45, 2.75) is 40.2 Å². The van der Waals surface area contributed by atoms with Gasteiger partial charge in [0.25, 0.3) is 0 Å². The van der Waals surface area contributed by atoms with Crippen LogP contribution in [0.25, 0.3) is 11.4 Å². The number of nitrogens with two attached hydrogens (primary N) is 1. The minimum Gasteiger partial charge on any atom is -0.398 e. The quantitative estimate of drug-likeness (QED) is 0.872. The van der Waals surface area contributed by atoms with E-state index in [2.05, 4.69) is 36.3 Å². The summed E-state index contributed by atoms with van der Waals surface area (Å²) >= 11 is 0. The van der Waals surface area contributed by atoms with Crippen molar-refractivity contribution in [3.8, 4) is 11.4 Å². The number of aromatic nitrogens is 4. The Labute approximate surface area is 118 Å². The van der Waals surface area contributed by atoms with Gasteiger partial charge in [-0.2, -0.15) is 0 Å². The standard InChI is InChI=1S/C14H20FN5/c1-5-8(2)10(4)20-14(17-18-19-20)11-6-12(15)9(3)13(16)7-11/h6-8,10H,5,16H2,1-4H3. The SMILES string of the molecule is CCC(C)C(C)n1nnnc1-c1cc(N)c(C)c(F)c1. The summed E-state index contributed by atoms with van der Waals surface area (Å²) < 4.78 is 15.6. The highest BCUT2D eigenvalue weighted by molar-refractivity contribution is 5.64. The fourth-order valence-electron chi connectivity index (χ4n) is 2.07. The molecular weight excluding hydrogens is 257 g/mol. The van der Waals surface area contributed by atoms with Gasteiger partial charge in [0.05, 0.1) is 6.04 Å². The van der Waals surface area contributed by atoms with E-state index in [1.807, 2.05) is 0 Å². The molecule has 5 nitrogen and oxygen atoms in total. The lowest BCUT2D eigenvalue weighted by molar-refractivity contribution is 0.340. The summed E-state index contributed by atoms with van der Waals surface area (Å²) in [5.41, 5.74) is 7.28. The third-order valence-corrected chi connectivity index (χ3v) is 3.99. The van der Waals surface area contributed by atoms with Gasteiger partial charge in [0.1, 0.15) is 5.82 Å². The van der Waals surface area contributed by atoms with Crippen LogP contribution in [0.4, 0.5) is 10.1 Å². The second-order valence-electron chi connectivity index (χ2n) is 5.25. The number of tetrazole rings is 1. The maximum Gasteiger partial charge on any atom is 0.182 e. The van der Waals surface area contributed by atoms with Crippen molar-refractivity contribution in [2.24, 2.45) is 5.92 Å². The third kappa shape index (κ3) is 2.50. The van der Waals surface area contributed by atoms with Crippen LogP contribution in [-0.2, 0) is 0 Å². The van der Waals surface area contributed by atoms with E-state index in [4.69, 9.17) is 5.73 Å². The van der Waals surface area contributed by atoms with Crippen molar-refractivity contribution in [2.75, 3.05) is 5.73 Å². The van der Waals surface area contributed by atoms with Gasteiger partial charge in [-0.15, -0.1) is 5.10 Å². The molecule has 108 valence electrons. The van der Waals surface area contributed by atoms with Gasteiger partial charge >= 0.3 is 0 Å². The highest BCUT2D eigenvalue weighted by Gasteiger charge is 2.20. The molecule has 0 amide bonds. The molecule has 6 heteroatoms. The summed E-state index contributed by atoms with van der Waals surface area (Å²) in [5.74, 6) is 0.624. The van der Waals surface area contributed by atoms with Gasteiger partial charge in [0, 0.05) is 16.8 Å². The van der Waals surface area contributed by atoms with Crippen LogP contribution in [0, 0.1) is 18.7 Å². The second-order valence-corrected chi connectivity index (χ2v) is 5.25. The zero-order valence-corrected chi connectivity index (χ0v) is 12.3. The molecule has 1 heterocycles. The molecule has 2 N–H and O–H groups in total. The normalized spacial score (nSPS) is 14.2.